The van der Waals surface area contributed by atoms with E-state index >= 15 is 0 Å². The van der Waals surface area contributed by atoms with Gasteiger partial charge in [-0.2, -0.15) is 0 Å². The fourth-order valence-electron chi connectivity index (χ4n) is 2.98. The van der Waals surface area contributed by atoms with Crippen LogP contribution in [0.25, 0.3) is 0 Å². The molecule has 0 atom stereocenters. The van der Waals surface area contributed by atoms with Crippen molar-refractivity contribution in [2.24, 2.45) is 0 Å². The molecule has 1 aliphatic heterocycles. The van der Waals surface area contributed by atoms with E-state index in [-0.39, 0.29) is 16.5 Å². The van der Waals surface area contributed by atoms with E-state index in [0.717, 1.165) is 19.5 Å². The molecule has 1 saturated heterocycles. The summed E-state index contributed by atoms with van der Waals surface area (Å²) in [5, 5.41) is 3.23. The molecule has 0 spiro atoms. The maximum atomic E-state index is 13.0. The van der Waals surface area contributed by atoms with Gasteiger partial charge in [-0.25, -0.2) is 12.8 Å². The SMILES string of the molecule is Cc1ccc(C(=O)N2CCCNCC2)cc1S(=O)(=O)Nc1ccc(F)cc1. The number of sulfonamides is 1. The quantitative estimate of drug-likeness (QED) is 0.839. The third kappa shape index (κ3) is 4.64. The van der Waals surface area contributed by atoms with Crippen LogP contribution in [0.3, 0.4) is 0 Å². The van der Waals surface area contributed by atoms with E-state index in [1.54, 1.807) is 24.0 Å². The number of halogens is 1. The highest BCUT2D eigenvalue weighted by molar-refractivity contribution is 7.92. The van der Waals surface area contributed by atoms with Gasteiger partial charge in [-0.15, -0.1) is 0 Å². The highest BCUT2D eigenvalue weighted by atomic mass is 32.2. The van der Waals surface area contributed by atoms with Gasteiger partial charge in [-0.1, -0.05) is 6.07 Å². The molecule has 1 aliphatic rings. The summed E-state index contributed by atoms with van der Waals surface area (Å²) in [4.78, 5) is 14.5. The molecule has 2 aromatic rings. The van der Waals surface area contributed by atoms with Crippen molar-refractivity contribution in [3.63, 3.8) is 0 Å². The van der Waals surface area contributed by atoms with Crippen LogP contribution in [-0.4, -0.2) is 45.4 Å². The Balaban J connectivity index is 1.87. The summed E-state index contributed by atoms with van der Waals surface area (Å²) in [5.74, 6) is -0.634. The molecule has 1 fully saturated rings. The molecular formula is C19H22FN3O3S. The lowest BCUT2D eigenvalue weighted by Crippen LogP contribution is -2.34. The first-order valence-electron chi connectivity index (χ1n) is 8.76. The highest BCUT2D eigenvalue weighted by Gasteiger charge is 2.22. The number of anilines is 1. The van der Waals surface area contributed by atoms with Crippen molar-refractivity contribution in [3.8, 4) is 0 Å². The number of carbonyl (C=O) groups excluding carboxylic acids is 1. The largest absolute Gasteiger partial charge is 0.337 e. The van der Waals surface area contributed by atoms with E-state index in [4.69, 9.17) is 0 Å². The highest BCUT2D eigenvalue weighted by Crippen LogP contribution is 2.22. The molecule has 27 heavy (non-hydrogen) atoms. The molecule has 0 unspecified atom stereocenters. The number of nitrogens with zero attached hydrogens (tertiary/aromatic N) is 1. The standard InChI is InChI=1S/C19H22FN3O3S/c1-14-3-4-15(19(24)23-11-2-9-21-10-12-23)13-18(14)27(25,26)22-17-7-5-16(20)6-8-17/h3-8,13,21-22H,2,9-12H2,1H3. The van der Waals surface area contributed by atoms with Crippen LogP contribution in [0.4, 0.5) is 10.1 Å². The van der Waals surface area contributed by atoms with Gasteiger partial charge < -0.3 is 10.2 Å². The summed E-state index contributed by atoms with van der Waals surface area (Å²) in [6.07, 6.45) is 0.856. The minimum absolute atomic E-state index is 0.0330. The van der Waals surface area contributed by atoms with E-state index in [0.29, 0.717) is 24.2 Å². The van der Waals surface area contributed by atoms with Crippen LogP contribution in [-0.2, 0) is 10.0 Å². The normalized spacial score (nSPS) is 15.3. The minimum atomic E-state index is -3.91. The summed E-state index contributed by atoms with van der Waals surface area (Å²) < 4.78 is 41.0. The van der Waals surface area contributed by atoms with Gasteiger partial charge in [0.2, 0.25) is 0 Å². The van der Waals surface area contributed by atoms with Crippen LogP contribution in [0.2, 0.25) is 0 Å². The van der Waals surface area contributed by atoms with Crippen LogP contribution >= 0.6 is 0 Å². The van der Waals surface area contributed by atoms with Gasteiger partial charge >= 0.3 is 0 Å². The van der Waals surface area contributed by atoms with Crippen molar-refractivity contribution in [2.45, 2.75) is 18.2 Å². The molecule has 2 N–H and O–H groups in total. The predicted octanol–water partition coefficient (Wildman–Crippen LogP) is 2.37. The van der Waals surface area contributed by atoms with Gasteiger partial charge in [0.05, 0.1) is 4.90 Å². The number of benzene rings is 2. The molecular weight excluding hydrogens is 369 g/mol. The second-order valence-corrected chi connectivity index (χ2v) is 8.14. The lowest BCUT2D eigenvalue weighted by atomic mass is 10.1. The Morgan fingerprint density at radius 2 is 1.85 bits per heavy atom. The number of hydrogen-bond acceptors (Lipinski definition) is 4. The molecule has 0 radical (unpaired) electrons. The second kappa shape index (κ2) is 8.06. The van der Waals surface area contributed by atoms with Crippen LogP contribution < -0.4 is 10.0 Å². The monoisotopic (exact) mass is 391 g/mol. The zero-order valence-electron chi connectivity index (χ0n) is 15.0. The maximum absolute atomic E-state index is 13.0. The van der Waals surface area contributed by atoms with E-state index in [9.17, 15) is 17.6 Å². The van der Waals surface area contributed by atoms with Gasteiger partial charge in [-0.3, -0.25) is 9.52 Å². The molecule has 6 nitrogen and oxygen atoms in total. The smallest absolute Gasteiger partial charge is 0.262 e. The molecule has 1 amide bonds. The fraction of sp³-hybridized carbons (Fsp3) is 0.316. The van der Waals surface area contributed by atoms with Gasteiger partial charge in [0, 0.05) is 30.9 Å². The number of amides is 1. The van der Waals surface area contributed by atoms with Gasteiger partial charge in [0.15, 0.2) is 0 Å². The topological polar surface area (TPSA) is 78.5 Å². The third-order valence-corrected chi connectivity index (χ3v) is 5.97. The van der Waals surface area contributed by atoms with Crippen molar-refractivity contribution in [1.29, 1.82) is 0 Å². The number of aryl methyl sites for hydroxylation is 1. The summed E-state index contributed by atoms with van der Waals surface area (Å²) in [6, 6.07) is 9.73. The number of rotatable bonds is 4. The first-order chi connectivity index (χ1) is 12.9. The Kier molecular flexibility index (Phi) is 5.76. The molecule has 0 aliphatic carbocycles. The summed E-state index contributed by atoms with van der Waals surface area (Å²) in [5.41, 5.74) is 1.12. The lowest BCUT2D eigenvalue weighted by Gasteiger charge is -2.20. The van der Waals surface area contributed by atoms with Crippen molar-refractivity contribution in [1.82, 2.24) is 10.2 Å². The summed E-state index contributed by atoms with van der Waals surface area (Å²) in [6.45, 7) is 4.47. The zero-order chi connectivity index (χ0) is 19.4. The molecule has 144 valence electrons. The van der Waals surface area contributed by atoms with Crippen LogP contribution in [0.5, 0.6) is 0 Å². The first kappa shape index (κ1) is 19.3. The Morgan fingerprint density at radius 3 is 2.59 bits per heavy atom. The second-order valence-electron chi connectivity index (χ2n) is 6.49. The molecule has 0 saturated carbocycles. The first-order valence-corrected chi connectivity index (χ1v) is 10.2. The fourth-order valence-corrected chi connectivity index (χ4v) is 4.31. The average Bonchev–Trinajstić information content (AvgIpc) is 2.92. The van der Waals surface area contributed by atoms with Gasteiger partial charge in [0.25, 0.3) is 15.9 Å². The minimum Gasteiger partial charge on any atom is -0.337 e. The Bertz CT molecular complexity index is 922. The third-order valence-electron chi connectivity index (χ3n) is 4.45. The van der Waals surface area contributed by atoms with Gasteiger partial charge in [-0.05, 0) is 61.9 Å². The molecule has 3 rings (SSSR count). The van der Waals surface area contributed by atoms with E-state index in [2.05, 4.69) is 10.0 Å². The maximum Gasteiger partial charge on any atom is 0.262 e. The van der Waals surface area contributed by atoms with Crippen molar-refractivity contribution in [3.05, 3.63) is 59.4 Å². The summed E-state index contributed by atoms with van der Waals surface area (Å²) >= 11 is 0. The number of hydrogen-bond donors (Lipinski definition) is 2. The number of nitrogens with one attached hydrogen (secondary N) is 2. The predicted molar refractivity (Wildman–Crippen MR) is 102 cm³/mol. The van der Waals surface area contributed by atoms with Crippen molar-refractivity contribution in [2.75, 3.05) is 30.9 Å². The Morgan fingerprint density at radius 1 is 1.11 bits per heavy atom. The molecule has 8 heteroatoms. The zero-order valence-corrected chi connectivity index (χ0v) is 15.9. The molecule has 2 aromatic carbocycles. The van der Waals surface area contributed by atoms with E-state index in [1.165, 1.54) is 30.3 Å². The molecule has 0 bridgehead atoms. The Labute approximate surface area is 158 Å². The molecule has 1 heterocycles. The molecule has 0 aromatic heterocycles. The average molecular weight is 391 g/mol. The van der Waals surface area contributed by atoms with E-state index in [1.807, 2.05) is 0 Å². The van der Waals surface area contributed by atoms with Gasteiger partial charge in [0.1, 0.15) is 5.82 Å². The Hall–Kier alpha value is -2.45. The van der Waals surface area contributed by atoms with Crippen molar-refractivity contribution < 1.29 is 17.6 Å². The van der Waals surface area contributed by atoms with Crippen LogP contribution in [0, 0.1) is 12.7 Å². The van der Waals surface area contributed by atoms with E-state index < -0.39 is 15.8 Å². The summed E-state index contributed by atoms with van der Waals surface area (Å²) in [7, 11) is -3.91. The number of carbonyl (C=O) groups is 1. The van der Waals surface area contributed by atoms with Crippen LogP contribution in [0.15, 0.2) is 47.4 Å². The van der Waals surface area contributed by atoms with Crippen LogP contribution in [0.1, 0.15) is 22.3 Å². The lowest BCUT2D eigenvalue weighted by molar-refractivity contribution is 0.0766. The van der Waals surface area contributed by atoms with Crippen molar-refractivity contribution >= 4 is 21.6 Å².